The summed E-state index contributed by atoms with van der Waals surface area (Å²) in [6, 6.07) is 12.9. The molecule has 8 heteroatoms. The van der Waals surface area contributed by atoms with Crippen molar-refractivity contribution < 1.29 is 18.1 Å². The number of hydrogen-bond donors (Lipinski definition) is 0. The van der Waals surface area contributed by atoms with Crippen molar-refractivity contribution in [1.82, 2.24) is 4.90 Å². The van der Waals surface area contributed by atoms with Crippen LogP contribution in [0, 0.1) is 10.1 Å². The molecule has 0 bridgehead atoms. The van der Waals surface area contributed by atoms with Crippen LogP contribution < -0.4 is 0 Å². The van der Waals surface area contributed by atoms with Gasteiger partial charge in [-0.2, -0.15) is 0 Å². The molecule has 1 unspecified atom stereocenters. The molecule has 1 atom stereocenters. The Hall–Kier alpha value is -2.74. The second-order valence-corrected chi connectivity index (χ2v) is 9.92. The molecule has 0 aromatic heterocycles. The van der Waals surface area contributed by atoms with Gasteiger partial charge in [0, 0.05) is 30.3 Å². The van der Waals surface area contributed by atoms with Gasteiger partial charge < -0.3 is 4.90 Å². The smallest absolute Gasteiger partial charge is 0.269 e. The third-order valence-corrected chi connectivity index (χ3v) is 6.98. The first-order chi connectivity index (χ1) is 13.7. The Morgan fingerprint density at radius 1 is 1.14 bits per heavy atom. The minimum Gasteiger partial charge on any atom is -0.330 e. The molecule has 0 N–H and O–H groups in total. The lowest BCUT2D eigenvalue weighted by Gasteiger charge is -2.28. The van der Waals surface area contributed by atoms with E-state index in [0.717, 1.165) is 5.56 Å². The highest BCUT2D eigenvalue weighted by Crippen LogP contribution is 2.24. The number of nitro benzene ring substituents is 1. The van der Waals surface area contributed by atoms with Crippen molar-refractivity contribution in [3.05, 3.63) is 75.3 Å². The van der Waals surface area contributed by atoms with Gasteiger partial charge in [-0.3, -0.25) is 14.9 Å². The zero-order valence-electron chi connectivity index (χ0n) is 16.4. The van der Waals surface area contributed by atoms with Crippen molar-refractivity contribution in [1.29, 1.82) is 0 Å². The predicted octanol–water partition coefficient (Wildman–Crippen LogP) is 3.55. The van der Waals surface area contributed by atoms with Crippen LogP contribution in [-0.4, -0.2) is 41.7 Å². The highest BCUT2D eigenvalue weighted by atomic mass is 32.2. The van der Waals surface area contributed by atoms with Crippen LogP contribution in [0.5, 0.6) is 0 Å². The number of sulfone groups is 1. The summed E-state index contributed by atoms with van der Waals surface area (Å²) in [6.45, 7) is 4.49. The van der Waals surface area contributed by atoms with Gasteiger partial charge in [0.25, 0.3) is 11.6 Å². The Balaban J connectivity index is 1.88. The standard InChI is InChI=1S/C21H24N2O5S/c1-15(2)17-5-3-16(4-6-17)13-22(20-11-12-29(27,28)14-20)21(24)18-7-9-19(10-8-18)23(25)26/h3-10,15,20H,11-14H2,1-2H3. The van der Waals surface area contributed by atoms with Crippen molar-refractivity contribution >= 4 is 21.4 Å². The number of benzene rings is 2. The molecule has 1 saturated heterocycles. The van der Waals surface area contributed by atoms with E-state index >= 15 is 0 Å². The number of hydrogen-bond acceptors (Lipinski definition) is 5. The Morgan fingerprint density at radius 2 is 1.76 bits per heavy atom. The molecule has 1 amide bonds. The topological polar surface area (TPSA) is 97.6 Å². The summed E-state index contributed by atoms with van der Waals surface area (Å²) in [5.74, 6) is 0.0702. The maximum atomic E-state index is 13.2. The monoisotopic (exact) mass is 416 g/mol. The van der Waals surface area contributed by atoms with Crippen molar-refractivity contribution in [2.45, 2.75) is 38.8 Å². The maximum absolute atomic E-state index is 13.2. The fourth-order valence-electron chi connectivity index (χ4n) is 3.48. The molecule has 3 rings (SSSR count). The van der Waals surface area contributed by atoms with E-state index in [1.807, 2.05) is 24.3 Å². The molecule has 154 valence electrons. The number of non-ortho nitro benzene ring substituents is 1. The second kappa shape index (κ2) is 8.32. The van der Waals surface area contributed by atoms with E-state index in [-0.39, 0.29) is 29.6 Å². The fourth-order valence-corrected chi connectivity index (χ4v) is 5.21. The minimum atomic E-state index is -3.17. The van der Waals surface area contributed by atoms with Gasteiger partial charge in [0.05, 0.1) is 16.4 Å². The van der Waals surface area contributed by atoms with E-state index in [4.69, 9.17) is 0 Å². The predicted molar refractivity (Wildman–Crippen MR) is 111 cm³/mol. The van der Waals surface area contributed by atoms with Gasteiger partial charge in [0.2, 0.25) is 0 Å². The molecular weight excluding hydrogens is 392 g/mol. The number of nitrogens with zero attached hydrogens (tertiary/aromatic N) is 2. The molecule has 2 aromatic rings. The van der Waals surface area contributed by atoms with Crippen molar-refractivity contribution in [3.8, 4) is 0 Å². The second-order valence-electron chi connectivity index (χ2n) is 7.69. The number of rotatable bonds is 6. The maximum Gasteiger partial charge on any atom is 0.269 e. The normalized spacial score (nSPS) is 18.0. The lowest BCUT2D eigenvalue weighted by molar-refractivity contribution is -0.384. The Kier molecular flexibility index (Phi) is 6.02. The van der Waals surface area contributed by atoms with E-state index in [9.17, 15) is 23.3 Å². The number of nitro groups is 1. The van der Waals surface area contributed by atoms with E-state index in [0.29, 0.717) is 17.9 Å². The lowest BCUT2D eigenvalue weighted by Crippen LogP contribution is -2.40. The van der Waals surface area contributed by atoms with Gasteiger partial charge in [0.1, 0.15) is 0 Å². The van der Waals surface area contributed by atoms with Crippen LogP contribution in [0.3, 0.4) is 0 Å². The molecule has 7 nitrogen and oxygen atoms in total. The van der Waals surface area contributed by atoms with Crippen LogP contribution in [0.4, 0.5) is 5.69 Å². The Bertz CT molecular complexity index is 998. The highest BCUT2D eigenvalue weighted by Gasteiger charge is 2.35. The van der Waals surface area contributed by atoms with Gasteiger partial charge >= 0.3 is 0 Å². The van der Waals surface area contributed by atoms with Gasteiger partial charge in [0.15, 0.2) is 9.84 Å². The quantitative estimate of drug-likeness (QED) is 0.530. The van der Waals surface area contributed by atoms with Gasteiger partial charge in [-0.15, -0.1) is 0 Å². The van der Waals surface area contributed by atoms with Crippen molar-refractivity contribution in [3.63, 3.8) is 0 Å². The van der Waals surface area contributed by atoms with Crippen molar-refractivity contribution in [2.24, 2.45) is 0 Å². The molecule has 0 radical (unpaired) electrons. The fraction of sp³-hybridized carbons (Fsp3) is 0.381. The number of carbonyl (C=O) groups is 1. The summed E-state index contributed by atoms with van der Waals surface area (Å²) < 4.78 is 24.0. The summed E-state index contributed by atoms with van der Waals surface area (Å²) in [6.07, 6.45) is 0.394. The summed E-state index contributed by atoms with van der Waals surface area (Å²) in [5, 5.41) is 10.9. The first kappa shape index (κ1) is 21.0. The van der Waals surface area contributed by atoms with E-state index in [1.54, 1.807) is 4.90 Å². The largest absolute Gasteiger partial charge is 0.330 e. The molecule has 2 aromatic carbocycles. The third-order valence-electron chi connectivity index (χ3n) is 5.23. The summed E-state index contributed by atoms with van der Waals surface area (Å²) in [7, 11) is -3.17. The Morgan fingerprint density at radius 3 is 2.24 bits per heavy atom. The molecule has 29 heavy (non-hydrogen) atoms. The molecular formula is C21H24N2O5S. The SMILES string of the molecule is CC(C)c1ccc(CN(C(=O)c2ccc([N+](=O)[O-])cc2)C2CCS(=O)(=O)C2)cc1. The van der Waals surface area contributed by atoms with Crippen LogP contribution in [-0.2, 0) is 16.4 Å². The number of amides is 1. The Labute approximate surface area is 170 Å². The van der Waals surface area contributed by atoms with Crippen LogP contribution in [0.2, 0.25) is 0 Å². The molecule has 0 aliphatic carbocycles. The average Bonchev–Trinajstić information content (AvgIpc) is 3.05. The number of carbonyl (C=O) groups excluding carboxylic acids is 1. The molecule has 1 heterocycles. The van der Waals surface area contributed by atoms with Crippen LogP contribution in [0.1, 0.15) is 47.7 Å². The lowest BCUT2D eigenvalue weighted by atomic mass is 10.0. The molecule has 1 fully saturated rings. The zero-order chi connectivity index (χ0) is 21.2. The third kappa shape index (κ3) is 5.00. The first-order valence-electron chi connectivity index (χ1n) is 9.51. The summed E-state index contributed by atoms with van der Waals surface area (Å²) in [4.78, 5) is 25.1. The molecule has 0 saturated carbocycles. The average molecular weight is 416 g/mol. The van der Waals surface area contributed by atoms with Gasteiger partial charge in [-0.1, -0.05) is 38.1 Å². The van der Waals surface area contributed by atoms with Crippen LogP contribution >= 0.6 is 0 Å². The van der Waals surface area contributed by atoms with Gasteiger partial charge in [-0.05, 0) is 35.6 Å². The molecule has 1 aliphatic rings. The highest BCUT2D eigenvalue weighted by molar-refractivity contribution is 7.91. The van der Waals surface area contributed by atoms with E-state index in [2.05, 4.69) is 13.8 Å². The van der Waals surface area contributed by atoms with Gasteiger partial charge in [-0.25, -0.2) is 8.42 Å². The molecule has 0 spiro atoms. The van der Waals surface area contributed by atoms with Crippen LogP contribution in [0.15, 0.2) is 48.5 Å². The first-order valence-corrected chi connectivity index (χ1v) is 11.3. The van der Waals surface area contributed by atoms with Crippen molar-refractivity contribution in [2.75, 3.05) is 11.5 Å². The summed E-state index contributed by atoms with van der Waals surface area (Å²) >= 11 is 0. The van der Waals surface area contributed by atoms with E-state index in [1.165, 1.54) is 29.8 Å². The van der Waals surface area contributed by atoms with E-state index < -0.39 is 20.8 Å². The molecule has 1 aliphatic heterocycles. The van der Waals surface area contributed by atoms with Crippen LogP contribution in [0.25, 0.3) is 0 Å². The summed E-state index contributed by atoms with van der Waals surface area (Å²) in [5.41, 5.74) is 2.30. The minimum absolute atomic E-state index is 0.0597. The zero-order valence-corrected chi connectivity index (χ0v) is 17.3.